The molecule has 0 amide bonds. The van der Waals surface area contributed by atoms with Crippen LogP contribution in [-0.2, 0) is 0 Å². The van der Waals surface area contributed by atoms with Crippen LogP contribution in [-0.4, -0.2) is 77.7 Å². The Bertz CT molecular complexity index is 1360. The SMILES string of the molecule is COc1cc(N2CCCN(CC(C)O)CC2)ccc1Nc1ncc2ccc(-c3ccccc3OC)n2n1. The van der Waals surface area contributed by atoms with Crippen LogP contribution in [0, 0.1) is 0 Å². The number of hydrogen-bond acceptors (Lipinski definition) is 8. The predicted molar refractivity (Wildman–Crippen MR) is 146 cm³/mol. The van der Waals surface area contributed by atoms with Crippen LogP contribution >= 0.6 is 0 Å². The molecular weight excluding hydrogens is 468 g/mol. The largest absolute Gasteiger partial charge is 0.496 e. The number of aromatic nitrogens is 3. The number of anilines is 3. The maximum absolute atomic E-state index is 9.75. The molecule has 1 fully saturated rings. The van der Waals surface area contributed by atoms with Gasteiger partial charge in [-0.3, -0.25) is 4.90 Å². The van der Waals surface area contributed by atoms with E-state index in [1.807, 2.05) is 53.9 Å². The molecule has 0 aliphatic carbocycles. The van der Waals surface area contributed by atoms with Crippen LogP contribution in [0.15, 0.2) is 60.8 Å². The number of benzene rings is 2. The van der Waals surface area contributed by atoms with Gasteiger partial charge >= 0.3 is 0 Å². The van der Waals surface area contributed by atoms with E-state index in [2.05, 4.69) is 32.2 Å². The number of nitrogens with zero attached hydrogens (tertiary/aromatic N) is 5. The first-order valence-corrected chi connectivity index (χ1v) is 12.6. The molecule has 1 unspecified atom stereocenters. The van der Waals surface area contributed by atoms with Gasteiger partial charge in [-0.1, -0.05) is 12.1 Å². The zero-order valence-electron chi connectivity index (χ0n) is 21.6. The predicted octanol–water partition coefficient (Wildman–Crippen LogP) is 4.05. The molecule has 2 aromatic carbocycles. The molecule has 1 aliphatic heterocycles. The topological polar surface area (TPSA) is 87.4 Å². The van der Waals surface area contributed by atoms with Crippen molar-refractivity contribution in [2.75, 3.05) is 57.2 Å². The smallest absolute Gasteiger partial charge is 0.245 e. The van der Waals surface area contributed by atoms with E-state index in [9.17, 15) is 5.11 Å². The van der Waals surface area contributed by atoms with Crippen LogP contribution in [0.5, 0.6) is 11.5 Å². The lowest BCUT2D eigenvalue weighted by Crippen LogP contribution is -2.35. The second kappa shape index (κ2) is 11.1. The first-order chi connectivity index (χ1) is 18.1. The maximum atomic E-state index is 9.75. The lowest BCUT2D eigenvalue weighted by Gasteiger charge is -2.25. The number of β-amino-alcohol motifs (C(OH)–C–C–N with tert-alkyl or cyclic N) is 1. The highest BCUT2D eigenvalue weighted by Crippen LogP contribution is 2.33. The van der Waals surface area contributed by atoms with E-state index in [4.69, 9.17) is 14.6 Å². The highest BCUT2D eigenvalue weighted by Gasteiger charge is 2.18. The Morgan fingerprint density at radius 3 is 2.62 bits per heavy atom. The molecule has 1 atom stereocenters. The van der Waals surface area contributed by atoms with Crippen molar-refractivity contribution in [3.8, 4) is 22.8 Å². The van der Waals surface area contributed by atoms with Crippen molar-refractivity contribution in [2.24, 2.45) is 0 Å². The van der Waals surface area contributed by atoms with E-state index < -0.39 is 0 Å². The van der Waals surface area contributed by atoms with Crippen LogP contribution in [0.1, 0.15) is 13.3 Å². The monoisotopic (exact) mass is 502 g/mol. The normalized spacial score (nSPS) is 15.4. The van der Waals surface area contributed by atoms with E-state index in [0.717, 1.165) is 72.2 Å². The first kappa shape index (κ1) is 24.9. The summed E-state index contributed by atoms with van der Waals surface area (Å²) in [5.41, 5.74) is 4.68. The molecule has 5 rings (SSSR count). The number of ether oxygens (including phenoxy) is 2. The Kier molecular flexibility index (Phi) is 7.43. The van der Waals surface area contributed by atoms with Crippen molar-refractivity contribution in [2.45, 2.75) is 19.4 Å². The molecule has 2 aromatic heterocycles. The number of rotatable bonds is 8. The average Bonchev–Trinajstić information content (AvgIpc) is 3.19. The van der Waals surface area contributed by atoms with Crippen molar-refractivity contribution in [1.29, 1.82) is 0 Å². The average molecular weight is 503 g/mol. The van der Waals surface area contributed by atoms with Gasteiger partial charge in [-0.05, 0) is 56.3 Å². The number of aliphatic hydroxyl groups excluding tert-OH is 1. The number of methoxy groups -OCH3 is 2. The zero-order chi connectivity index (χ0) is 25.8. The molecule has 194 valence electrons. The summed E-state index contributed by atoms with van der Waals surface area (Å²) < 4.78 is 13.2. The minimum absolute atomic E-state index is 0.309. The Hall–Kier alpha value is -3.82. The summed E-state index contributed by atoms with van der Waals surface area (Å²) in [5.74, 6) is 1.98. The number of para-hydroxylation sites is 1. The van der Waals surface area contributed by atoms with Crippen molar-refractivity contribution < 1.29 is 14.6 Å². The summed E-state index contributed by atoms with van der Waals surface area (Å²) in [6, 6.07) is 18.1. The third kappa shape index (κ3) is 5.47. The van der Waals surface area contributed by atoms with Gasteiger partial charge in [0.1, 0.15) is 11.5 Å². The molecule has 37 heavy (non-hydrogen) atoms. The maximum Gasteiger partial charge on any atom is 0.245 e. The highest BCUT2D eigenvalue weighted by atomic mass is 16.5. The van der Waals surface area contributed by atoms with E-state index >= 15 is 0 Å². The van der Waals surface area contributed by atoms with Gasteiger partial charge in [0.05, 0.1) is 43.4 Å². The molecular formula is C28H34N6O3. The molecule has 4 aromatic rings. The van der Waals surface area contributed by atoms with Crippen LogP contribution < -0.4 is 19.7 Å². The second-order valence-electron chi connectivity index (χ2n) is 9.34. The number of hydrogen-bond donors (Lipinski definition) is 2. The Balaban J connectivity index is 1.37. The molecule has 0 saturated carbocycles. The molecule has 9 heteroatoms. The lowest BCUT2D eigenvalue weighted by molar-refractivity contribution is 0.131. The Labute approximate surface area is 217 Å². The van der Waals surface area contributed by atoms with Crippen LogP contribution in [0.25, 0.3) is 16.8 Å². The molecule has 3 heterocycles. The fourth-order valence-corrected chi connectivity index (χ4v) is 4.90. The summed E-state index contributed by atoms with van der Waals surface area (Å²) >= 11 is 0. The van der Waals surface area contributed by atoms with Crippen LogP contribution in [0.2, 0.25) is 0 Å². The van der Waals surface area contributed by atoms with E-state index in [1.165, 1.54) is 0 Å². The summed E-state index contributed by atoms with van der Waals surface area (Å²) in [6.45, 7) is 6.34. The summed E-state index contributed by atoms with van der Waals surface area (Å²) in [5, 5.41) is 17.8. The van der Waals surface area contributed by atoms with Gasteiger partial charge < -0.3 is 24.8 Å². The van der Waals surface area contributed by atoms with E-state index in [-0.39, 0.29) is 6.10 Å². The number of fused-ring (bicyclic) bond motifs is 1. The van der Waals surface area contributed by atoms with Gasteiger partial charge in [0.25, 0.3) is 0 Å². The van der Waals surface area contributed by atoms with Gasteiger partial charge in [0, 0.05) is 43.5 Å². The zero-order valence-corrected chi connectivity index (χ0v) is 21.6. The first-order valence-electron chi connectivity index (χ1n) is 12.6. The van der Waals surface area contributed by atoms with Crippen molar-refractivity contribution in [3.05, 3.63) is 60.8 Å². The standard InChI is InChI=1S/C28H34N6O3/c1-20(35)19-32-13-6-14-33(16-15-32)21-9-11-24(27(17-21)37-3)30-28-29-18-22-10-12-25(34(22)31-28)23-7-4-5-8-26(23)36-2/h4-5,7-12,17-18,20,35H,6,13-16,19H2,1-3H3,(H,30,31). The Morgan fingerprint density at radius 1 is 0.973 bits per heavy atom. The minimum atomic E-state index is -0.309. The lowest BCUT2D eigenvalue weighted by atomic mass is 10.1. The minimum Gasteiger partial charge on any atom is -0.496 e. The summed E-state index contributed by atoms with van der Waals surface area (Å²) in [7, 11) is 3.34. The highest BCUT2D eigenvalue weighted by molar-refractivity contribution is 5.72. The van der Waals surface area contributed by atoms with Gasteiger partial charge in [0.2, 0.25) is 5.95 Å². The molecule has 1 saturated heterocycles. The third-order valence-electron chi connectivity index (χ3n) is 6.69. The van der Waals surface area contributed by atoms with Crippen molar-refractivity contribution in [3.63, 3.8) is 0 Å². The molecule has 9 nitrogen and oxygen atoms in total. The van der Waals surface area contributed by atoms with Gasteiger partial charge in [-0.15, -0.1) is 5.10 Å². The number of aliphatic hydroxyl groups is 1. The quantitative estimate of drug-likeness (QED) is 0.373. The molecule has 1 aliphatic rings. The second-order valence-corrected chi connectivity index (χ2v) is 9.34. The van der Waals surface area contributed by atoms with Crippen molar-refractivity contribution in [1.82, 2.24) is 19.5 Å². The van der Waals surface area contributed by atoms with Gasteiger partial charge in [-0.25, -0.2) is 9.50 Å². The number of nitrogens with one attached hydrogen (secondary N) is 1. The van der Waals surface area contributed by atoms with E-state index in [1.54, 1.807) is 20.4 Å². The van der Waals surface area contributed by atoms with Gasteiger partial charge in [0.15, 0.2) is 0 Å². The Morgan fingerprint density at radius 2 is 1.81 bits per heavy atom. The molecule has 0 spiro atoms. The van der Waals surface area contributed by atoms with Crippen molar-refractivity contribution >= 4 is 22.8 Å². The molecule has 2 N–H and O–H groups in total. The summed E-state index contributed by atoms with van der Waals surface area (Å²) in [6.07, 6.45) is 2.54. The molecule has 0 bridgehead atoms. The van der Waals surface area contributed by atoms with Crippen LogP contribution in [0.3, 0.4) is 0 Å². The molecule has 0 radical (unpaired) electrons. The van der Waals surface area contributed by atoms with Crippen LogP contribution in [0.4, 0.5) is 17.3 Å². The van der Waals surface area contributed by atoms with E-state index in [0.29, 0.717) is 12.5 Å². The summed E-state index contributed by atoms with van der Waals surface area (Å²) in [4.78, 5) is 9.21. The third-order valence-corrected chi connectivity index (χ3v) is 6.69. The fourth-order valence-electron chi connectivity index (χ4n) is 4.90. The van der Waals surface area contributed by atoms with Gasteiger partial charge in [-0.2, -0.15) is 0 Å². The fraction of sp³-hybridized carbons (Fsp3) is 0.357.